The number of nitrogens with zero attached hydrogens (tertiary/aromatic N) is 5. The van der Waals surface area contributed by atoms with Gasteiger partial charge < -0.3 is 20.0 Å². The van der Waals surface area contributed by atoms with Crippen LogP contribution >= 0.6 is 8.25 Å². The number of rotatable bonds is 7. The van der Waals surface area contributed by atoms with Crippen LogP contribution in [0.3, 0.4) is 0 Å². The molecule has 1 aromatic carbocycles. The van der Waals surface area contributed by atoms with Crippen LogP contribution in [0, 0.1) is 32.1 Å². The average molecular weight is 551 g/mol. The van der Waals surface area contributed by atoms with Crippen molar-refractivity contribution >= 4 is 19.8 Å². The van der Waals surface area contributed by atoms with Crippen LogP contribution in [-0.4, -0.2) is 56.8 Å². The van der Waals surface area contributed by atoms with Gasteiger partial charge in [0.25, 0.3) is 5.91 Å². The van der Waals surface area contributed by atoms with Gasteiger partial charge in [0.2, 0.25) is 6.54 Å². The molecule has 0 saturated carbocycles. The maximum Gasteiger partial charge on any atom is 0.521 e. The number of amides is 1. The number of nitrogens with one attached hydrogen (secondary N) is 2. The molecule has 1 unspecified atom stereocenters. The zero-order chi connectivity index (χ0) is 28.2. The van der Waals surface area contributed by atoms with E-state index in [9.17, 15) is 13.6 Å². The Kier molecular flexibility index (Phi) is 8.90. The van der Waals surface area contributed by atoms with E-state index in [2.05, 4.69) is 30.1 Å². The fraction of sp³-hybridized carbons (Fsp3) is 0.391. The minimum Gasteiger partial charge on any atom is -0.565 e. The molecule has 1 aliphatic rings. The Balaban J connectivity index is 0.000000816. The van der Waals surface area contributed by atoms with Crippen molar-refractivity contribution in [3.05, 3.63) is 64.5 Å². The Hall–Kier alpha value is -3.76. The first-order chi connectivity index (χ1) is 17.9. The standard InChI is InChI=1S/C23H25F2N7O.HO4P.H2/c1-13(2)28-22(33)17-6-19(25)20(7-18(17)24)31-11-23(12-31,10-26-5)32-9-16(8-27-32)21-14(3)29-30-15(21)4;1-4-5(2)3;/h6-9,13H,10-12H2,1-4H3,(H,28,33)(H,29,30);1H;1H. The molecule has 0 spiro atoms. The molecular weight excluding hydrogens is 523 g/mol. The van der Waals surface area contributed by atoms with E-state index in [0.29, 0.717) is 0 Å². The molecule has 1 aliphatic heterocycles. The van der Waals surface area contributed by atoms with Crippen LogP contribution in [0.15, 0.2) is 24.5 Å². The minimum atomic E-state index is -3.04. The summed E-state index contributed by atoms with van der Waals surface area (Å²) < 4.78 is 42.8. The van der Waals surface area contributed by atoms with Crippen molar-refractivity contribution in [1.29, 1.82) is 0 Å². The fourth-order valence-corrected chi connectivity index (χ4v) is 4.28. The smallest absolute Gasteiger partial charge is 0.521 e. The van der Waals surface area contributed by atoms with E-state index < -0.39 is 31.3 Å². The van der Waals surface area contributed by atoms with Crippen LogP contribution in [0.2, 0.25) is 0 Å². The van der Waals surface area contributed by atoms with Gasteiger partial charge in [0.05, 0.1) is 36.2 Å². The monoisotopic (exact) mass is 551 g/mol. The van der Waals surface area contributed by atoms with E-state index in [1.807, 2.05) is 20.0 Å². The first kappa shape index (κ1) is 28.8. The topological polar surface area (TPSA) is 153 Å². The molecule has 1 saturated heterocycles. The number of anilines is 1. The molecular formula is C23H28F2N7O5P. The molecule has 0 aliphatic carbocycles. The third-order valence-electron chi connectivity index (χ3n) is 5.94. The van der Waals surface area contributed by atoms with Gasteiger partial charge in [-0.1, -0.05) is 0 Å². The summed E-state index contributed by atoms with van der Waals surface area (Å²) in [5.74, 6) is -2.14. The van der Waals surface area contributed by atoms with Crippen LogP contribution < -0.4 is 15.1 Å². The zero-order valence-corrected chi connectivity index (χ0v) is 21.9. The van der Waals surface area contributed by atoms with Gasteiger partial charge in [0.15, 0.2) is 5.54 Å². The second-order valence-electron chi connectivity index (χ2n) is 9.10. The highest BCUT2D eigenvalue weighted by atomic mass is 31.1. The number of aromatic amines is 1. The molecule has 38 heavy (non-hydrogen) atoms. The number of carbonyl (C=O) groups is 1. The van der Waals surface area contributed by atoms with Gasteiger partial charge in [0, 0.05) is 41.2 Å². The third-order valence-corrected chi connectivity index (χ3v) is 6.07. The van der Waals surface area contributed by atoms with Crippen LogP contribution in [0.5, 0.6) is 0 Å². The average Bonchev–Trinajstić information content (AvgIpc) is 3.43. The molecule has 4 rings (SSSR count). The molecule has 1 fully saturated rings. The highest BCUT2D eigenvalue weighted by Crippen LogP contribution is 2.37. The van der Waals surface area contributed by atoms with Gasteiger partial charge in [-0.2, -0.15) is 10.2 Å². The number of hydrogen-bond donors (Lipinski definition) is 3. The van der Waals surface area contributed by atoms with Crippen molar-refractivity contribution in [2.24, 2.45) is 0 Å². The van der Waals surface area contributed by atoms with E-state index in [1.54, 1.807) is 29.6 Å². The molecule has 1 atom stereocenters. The lowest BCUT2D eigenvalue weighted by atomic mass is 9.89. The van der Waals surface area contributed by atoms with Crippen LogP contribution in [0.1, 0.15) is 37.0 Å². The Morgan fingerprint density at radius 3 is 2.58 bits per heavy atom. The molecule has 1 amide bonds. The quantitative estimate of drug-likeness (QED) is 0.175. The number of aryl methyl sites for hydroxylation is 2. The van der Waals surface area contributed by atoms with Crippen molar-refractivity contribution in [2.75, 3.05) is 24.5 Å². The summed E-state index contributed by atoms with van der Waals surface area (Å²) in [5.41, 5.74) is 2.66. The van der Waals surface area contributed by atoms with E-state index in [1.165, 1.54) is 0 Å². The normalized spacial score (nSPS) is 14.3. The van der Waals surface area contributed by atoms with Gasteiger partial charge in [-0.15, -0.1) is 0 Å². The van der Waals surface area contributed by atoms with Crippen LogP contribution in [-0.2, 0) is 14.8 Å². The van der Waals surface area contributed by atoms with E-state index >= 15 is 0 Å². The number of H-pyrrole nitrogens is 1. The van der Waals surface area contributed by atoms with Gasteiger partial charge in [0.1, 0.15) is 11.6 Å². The van der Waals surface area contributed by atoms with Gasteiger partial charge in [-0.3, -0.25) is 14.6 Å². The van der Waals surface area contributed by atoms with Crippen molar-refractivity contribution in [1.82, 2.24) is 25.3 Å². The highest BCUT2D eigenvalue weighted by molar-refractivity contribution is 7.30. The predicted molar refractivity (Wildman–Crippen MR) is 133 cm³/mol. The molecule has 0 bridgehead atoms. The summed E-state index contributed by atoms with van der Waals surface area (Å²) in [4.78, 5) is 26.3. The largest absolute Gasteiger partial charge is 0.565 e. The molecule has 0 radical (unpaired) electrons. The lowest BCUT2D eigenvalue weighted by Gasteiger charge is -2.48. The van der Waals surface area contributed by atoms with Crippen LogP contribution in [0.25, 0.3) is 16.0 Å². The maximum atomic E-state index is 14.8. The maximum absolute atomic E-state index is 14.8. The summed E-state index contributed by atoms with van der Waals surface area (Å²) in [7, 11) is -3.04. The van der Waals surface area contributed by atoms with Crippen molar-refractivity contribution in [3.8, 4) is 11.1 Å². The lowest BCUT2D eigenvalue weighted by Crippen LogP contribution is -2.65. The van der Waals surface area contributed by atoms with Gasteiger partial charge in [-0.05, 0) is 38.3 Å². The number of benzene rings is 1. The first-order valence-corrected chi connectivity index (χ1v) is 12.4. The number of halogens is 2. The van der Waals surface area contributed by atoms with Crippen molar-refractivity contribution < 1.29 is 34.4 Å². The summed E-state index contributed by atoms with van der Waals surface area (Å²) in [6, 6.07) is 1.77. The predicted octanol–water partition coefficient (Wildman–Crippen LogP) is 3.18. The van der Waals surface area contributed by atoms with E-state index in [0.717, 1.165) is 34.6 Å². The Morgan fingerprint density at radius 2 is 2.05 bits per heavy atom. The summed E-state index contributed by atoms with van der Waals surface area (Å²) >= 11 is 0. The SMILES string of the molecule is O=[P+]([O-])OO.[C-]#[N+]CC1(n2cc(-c3c(C)n[nH]c3C)cn2)CN(c2cc(F)c(C(=O)NC(C)C)cc2F)C1.[HH]. The second kappa shape index (κ2) is 11.7. The molecule has 3 aromatic rings. The Morgan fingerprint density at radius 1 is 1.39 bits per heavy atom. The fourth-order valence-electron chi connectivity index (χ4n) is 4.28. The molecule has 12 nitrogen and oxygen atoms in total. The Bertz CT molecular complexity index is 1370. The number of aromatic nitrogens is 4. The molecule has 3 N–H and O–H groups in total. The summed E-state index contributed by atoms with van der Waals surface area (Å²) in [6.07, 6.45) is 3.59. The lowest BCUT2D eigenvalue weighted by molar-refractivity contribution is -0.244. The van der Waals surface area contributed by atoms with Gasteiger partial charge in [-0.25, -0.2) is 20.6 Å². The summed E-state index contributed by atoms with van der Waals surface area (Å²) in [6.45, 7) is 15.4. The Labute approximate surface area is 219 Å². The van der Waals surface area contributed by atoms with E-state index in [-0.39, 0.29) is 38.4 Å². The summed E-state index contributed by atoms with van der Waals surface area (Å²) in [5, 5.41) is 21.3. The third kappa shape index (κ3) is 6.03. The van der Waals surface area contributed by atoms with Crippen molar-refractivity contribution in [2.45, 2.75) is 39.3 Å². The minimum absolute atomic E-state index is 0. The second-order valence-corrected chi connectivity index (χ2v) is 9.71. The van der Waals surface area contributed by atoms with Crippen molar-refractivity contribution in [3.63, 3.8) is 0 Å². The number of carbonyl (C=O) groups excluding carboxylic acids is 1. The highest BCUT2D eigenvalue weighted by Gasteiger charge is 2.49. The zero-order valence-electron chi connectivity index (χ0n) is 21.0. The molecule has 2 aromatic heterocycles. The van der Waals surface area contributed by atoms with Crippen LogP contribution in [0.4, 0.5) is 14.5 Å². The van der Waals surface area contributed by atoms with Gasteiger partial charge >= 0.3 is 8.25 Å². The molecule has 15 heteroatoms. The first-order valence-electron chi connectivity index (χ1n) is 11.3. The number of hydrogen-bond acceptors (Lipinski definition) is 8. The molecule has 3 heterocycles. The molecule has 204 valence electrons. The van der Waals surface area contributed by atoms with E-state index in [4.69, 9.17) is 21.3 Å².